The third-order valence-electron chi connectivity index (χ3n) is 4.20. The zero-order valence-electron chi connectivity index (χ0n) is 16.5. The van der Waals surface area contributed by atoms with E-state index in [1.165, 1.54) is 0 Å². The van der Waals surface area contributed by atoms with E-state index in [1.54, 1.807) is 17.2 Å². The number of carbonyl (C=O) groups is 1. The molecule has 2 heterocycles. The number of urea groups is 1. The zero-order valence-corrected chi connectivity index (χ0v) is 16.5. The van der Waals surface area contributed by atoms with E-state index in [0.29, 0.717) is 24.7 Å². The number of aromatic nitrogens is 1. The molecule has 5 nitrogen and oxygen atoms in total. The molecule has 1 atom stereocenters. The minimum Gasteiger partial charge on any atom is -0.320 e. The minimum absolute atomic E-state index is 0.156. The SMILES string of the molecule is C=C(/C=C\C(=C)C(C)CCNC)NC(=O)N1Cc2cccnc2C1.CC. The van der Waals surface area contributed by atoms with Crippen LogP contribution in [0.15, 0.2) is 54.9 Å². The third-order valence-corrected chi connectivity index (χ3v) is 4.20. The van der Waals surface area contributed by atoms with Gasteiger partial charge in [-0.2, -0.15) is 0 Å². The summed E-state index contributed by atoms with van der Waals surface area (Å²) in [6, 6.07) is 3.74. The number of fused-ring (bicyclic) bond motifs is 1. The van der Waals surface area contributed by atoms with Gasteiger partial charge < -0.3 is 15.5 Å². The number of nitrogens with zero attached hydrogens (tertiary/aromatic N) is 2. The van der Waals surface area contributed by atoms with Gasteiger partial charge in [0.05, 0.1) is 12.2 Å². The van der Waals surface area contributed by atoms with Crippen LogP contribution in [-0.2, 0) is 13.1 Å². The summed E-state index contributed by atoms with van der Waals surface area (Å²) in [5.41, 5.74) is 3.64. The van der Waals surface area contributed by atoms with E-state index in [2.05, 4.69) is 35.7 Å². The maximum atomic E-state index is 12.3. The van der Waals surface area contributed by atoms with Crippen LogP contribution in [0.4, 0.5) is 4.79 Å². The molecule has 1 aliphatic heterocycles. The van der Waals surface area contributed by atoms with Gasteiger partial charge in [-0.3, -0.25) is 4.98 Å². The Hall–Kier alpha value is -2.40. The first-order valence-corrected chi connectivity index (χ1v) is 9.20. The lowest BCUT2D eigenvalue weighted by Gasteiger charge is -2.16. The van der Waals surface area contributed by atoms with Crippen molar-refractivity contribution in [3.05, 3.63) is 66.2 Å². The zero-order chi connectivity index (χ0) is 19.5. The Morgan fingerprint density at radius 2 is 2.08 bits per heavy atom. The van der Waals surface area contributed by atoms with Crippen LogP contribution in [0.25, 0.3) is 0 Å². The monoisotopic (exact) mass is 356 g/mol. The number of pyridine rings is 1. The molecule has 0 spiro atoms. The van der Waals surface area contributed by atoms with E-state index in [4.69, 9.17) is 0 Å². The van der Waals surface area contributed by atoms with Crippen LogP contribution in [0.5, 0.6) is 0 Å². The van der Waals surface area contributed by atoms with E-state index in [0.717, 1.165) is 29.8 Å². The minimum atomic E-state index is -0.156. The van der Waals surface area contributed by atoms with Crippen LogP contribution < -0.4 is 10.6 Å². The van der Waals surface area contributed by atoms with Crippen molar-refractivity contribution in [3.63, 3.8) is 0 Å². The smallest absolute Gasteiger partial charge is 0.320 e. The maximum absolute atomic E-state index is 12.3. The van der Waals surface area contributed by atoms with Crippen molar-refractivity contribution in [2.75, 3.05) is 13.6 Å². The predicted octanol–water partition coefficient (Wildman–Crippen LogP) is 4.00. The summed E-state index contributed by atoms with van der Waals surface area (Å²) in [4.78, 5) is 18.3. The number of allylic oxidation sites excluding steroid dienone is 3. The average molecular weight is 357 g/mol. The van der Waals surface area contributed by atoms with Crippen molar-refractivity contribution in [1.29, 1.82) is 0 Å². The highest BCUT2D eigenvalue weighted by Gasteiger charge is 2.23. The standard InChI is InChI=1S/C19H26N4O.C2H6/c1-14(15(2)9-11-20-4)7-8-16(3)22-19(24)23-12-17-6-5-10-21-18(17)13-23;1-2/h5-8,10,15,20H,1,3,9,11-13H2,2,4H3,(H,22,24);1-2H3/b8-7-;. The Balaban J connectivity index is 0.00000163. The highest BCUT2D eigenvalue weighted by atomic mass is 16.2. The maximum Gasteiger partial charge on any atom is 0.322 e. The summed E-state index contributed by atoms with van der Waals surface area (Å²) in [5, 5.41) is 5.95. The van der Waals surface area contributed by atoms with Gasteiger partial charge in [0.15, 0.2) is 0 Å². The number of hydrogen-bond acceptors (Lipinski definition) is 3. The Kier molecular flexibility index (Phi) is 9.37. The van der Waals surface area contributed by atoms with Crippen LogP contribution in [0.1, 0.15) is 38.4 Å². The molecule has 0 saturated carbocycles. The lowest BCUT2D eigenvalue weighted by Crippen LogP contribution is -2.35. The fourth-order valence-corrected chi connectivity index (χ4v) is 2.52. The second-order valence-electron chi connectivity index (χ2n) is 6.12. The fraction of sp³-hybridized carbons (Fsp3) is 0.429. The van der Waals surface area contributed by atoms with Crippen molar-refractivity contribution in [2.45, 2.75) is 40.3 Å². The van der Waals surface area contributed by atoms with Crippen molar-refractivity contribution >= 4 is 6.03 Å². The van der Waals surface area contributed by atoms with Crippen LogP contribution in [0.3, 0.4) is 0 Å². The quantitative estimate of drug-likeness (QED) is 0.726. The molecular formula is C21H32N4O. The molecule has 1 aliphatic rings. The summed E-state index contributed by atoms with van der Waals surface area (Å²) < 4.78 is 0. The Morgan fingerprint density at radius 1 is 1.35 bits per heavy atom. The van der Waals surface area contributed by atoms with Gasteiger partial charge in [0.2, 0.25) is 0 Å². The number of carbonyl (C=O) groups excluding carboxylic acids is 1. The molecule has 1 aromatic heterocycles. The largest absolute Gasteiger partial charge is 0.322 e. The Morgan fingerprint density at radius 3 is 2.73 bits per heavy atom. The highest BCUT2D eigenvalue weighted by Crippen LogP contribution is 2.20. The van der Waals surface area contributed by atoms with E-state index in [1.807, 2.05) is 39.1 Å². The van der Waals surface area contributed by atoms with Crippen molar-refractivity contribution in [1.82, 2.24) is 20.5 Å². The normalized spacial score (nSPS) is 13.6. The summed E-state index contributed by atoms with van der Waals surface area (Å²) >= 11 is 0. The van der Waals surface area contributed by atoms with Gasteiger partial charge in [0.25, 0.3) is 0 Å². The van der Waals surface area contributed by atoms with Crippen LogP contribution in [0.2, 0.25) is 0 Å². The van der Waals surface area contributed by atoms with E-state index >= 15 is 0 Å². The van der Waals surface area contributed by atoms with Gasteiger partial charge in [-0.15, -0.1) is 0 Å². The van der Waals surface area contributed by atoms with Gasteiger partial charge >= 0.3 is 6.03 Å². The molecule has 0 saturated heterocycles. The van der Waals surface area contributed by atoms with Gasteiger partial charge in [0, 0.05) is 18.4 Å². The van der Waals surface area contributed by atoms with Gasteiger partial charge in [-0.25, -0.2) is 4.79 Å². The van der Waals surface area contributed by atoms with Crippen LogP contribution >= 0.6 is 0 Å². The van der Waals surface area contributed by atoms with E-state index in [9.17, 15) is 4.79 Å². The molecule has 142 valence electrons. The number of rotatable bonds is 7. The predicted molar refractivity (Wildman–Crippen MR) is 108 cm³/mol. The molecular weight excluding hydrogens is 324 g/mol. The molecule has 26 heavy (non-hydrogen) atoms. The first kappa shape index (κ1) is 21.6. The van der Waals surface area contributed by atoms with Crippen molar-refractivity contribution in [2.24, 2.45) is 5.92 Å². The first-order chi connectivity index (χ1) is 12.5. The molecule has 0 bridgehead atoms. The van der Waals surface area contributed by atoms with Gasteiger partial charge in [0.1, 0.15) is 0 Å². The molecule has 2 rings (SSSR count). The Labute approximate surface area is 157 Å². The molecule has 0 fully saturated rings. The van der Waals surface area contributed by atoms with Crippen LogP contribution in [-0.4, -0.2) is 29.5 Å². The summed E-state index contributed by atoms with van der Waals surface area (Å²) in [5.74, 6) is 0.386. The lowest BCUT2D eigenvalue weighted by atomic mass is 9.98. The molecule has 1 aromatic rings. The molecule has 2 N–H and O–H groups in total. The van der Waals surface area contributed by atoms with Gasteiger partial charge in [-0.1, -0.05) is 51.6 Å². The second kappa shape index (κ2) is 11.3. The first-order valence-electron chi connectivity index (χ1n) is 9.20. The molecule has 0 aromatic carbocycles. The number of hydrogen-bond donors (Lipinski definition) is 2. The molecule has 0 radical (unpaired) electrons. The average Bonchev–Trinajstić information content (AvgIpc) is 3.10. The van der Waals surface area contributed by atoms with E-state index in [-0.39, 0.29) is 6.03 Å². The second-order valence-corrected chi connectivity index (χ2v) is 6.12. The number of amides is 2. The third kappa shape index (κ3) is 6.48. The molecule has 0 aliphatic carbocycles. The van der Waals surface area contributed by atoms with Crippen molar-refractivity contribution in [3.8, 4) is 0 Å². The summed E-state index contributed by atoms with van der Waals surface area (Å²) in [7, 11) is 1.94. The topological polar surface area (TPSA) is 57.3 Å². The number of nitrogens with one attached hydrogen (secondary N) is 2. The molecule has 1 unspecified atom stereocenters. The fourth-order valence-electron chi connectivity index (χ4n) is 2.52. The molecule has 5 heteroatoms. The van der Waals surface area contributed by atoms with Gasteiger partial charge in [-0.05, 0) is 43.6 Å². The lowest BCUT2D eigenvalue weighted by molar-refractivity contribution is 0.201. The molecule has 2 amide bonds. The summed E-state index contributed by atoms with van der Waals surface area (Å²) in [6.07, 6.45) is 6.50. The van der Waals surface area contributed by atoms with Crippen molar-refractivity contribution < 1.29 is 4.79 Å². The Bertz CT molecular complexity index is 626. The van der Waals surface area contributed by atoms with Crippen LogP contribution in [0, 0.1) is 5.92 Å². The highest BCUT2D eigenvalue weighted by molar-refractivity contribution is 5.77. The van der Waals surface area contributed by atoms with E-state index < -0.39 is 0 Å². The summed E-state index contributed by atoms with van der Waals surface area (Å²) in [6.45, 7) is 16.2.